The summed E-state index contributed by atoms with van der Waals surface area (Å²) in [5.74, 6) is -0.678. The molecule has 1 heterocycles. The van der Waals surface area contributed by atoms with Crippen molar-refractivity contribution in [2.45, 2.75) is 26.2 Å². The van der Waals surface area contributed by atoms with Crippen LogP contribution in [0.3, 0.4) is 0 Å². The third kappa shape index (κ3) is 5.71. The van der Waals surface area contributed by atoms with Crippen LogP contribution in [0.25, 0.3) is 0 Å². The molecule has 0 radical (unpaired) electrons. The van der Waals surface area contributed by atoms with Crippen molar-refractivity contribution in [3.63, 3.8) is 0 Å². The maximum atomic E-state index is 12.7. The van der Waals surface area contributed by atoms with E-state index in [2.05, 4.69) is 10.6 Å². The molecule has 1 aromatic heterocycles. The van der Waals surface area contributed by atoms with E-state index in [4.69, 9.17) is 18.6 Å². The number of carbonyl (C=O) groups is 2. The second-order valence-corrected chi connectivity index (χ2v) is 6.96. The highest BCUT2D eigenvalue weighted by Crippen LogP contribution is 2.45. The van der Waals surface area contributed by atoms with Gasteiger partial charge in [-0.05, 0) is 13.0 Å². The molecule has 3 N–H and O–H groups in total. The molecule has 2 amide bonds. The Labute approximate surface area is 185 Å². The Morgan fingerprint density at radius 1 is 1.06 bits per heavy atom. The Kier molecular flexibility index (Phi) is 8.51. The molecule has 10 heteroatoms. The van der Waals surface area contributed by atoms with Gasteiger partial charge in [-0.1, -0.05) is 6.07 Å². The molecule has 0 saturated heterocycles. The topological polar surface area (TPSA) is 136 Å². The van der Waals surface area contributed by atoms with Gasteiger partial charge in [-0.2, -0.15) is 0 Å². The van der Waals surface area contributed by atoms with Crippen molar-refractivity contribution in [2.75, 3.05) is 34.4 Å². The van der Waals surface area contributed by atoms with E-state index in [9.17, 15) is 19.5 Å². The predicted octanol–water partition coefficient (Wildman–Crippen LogP) is 1.45. The fourth-order valence-corrected chi connectivity index (χ4v) is 3.39. The van der Waals surface area contributed by atoms with Gasteiger partial charge < -0.3 is 34.4 Å². The lowest BCUT2D eigenvalue weighted by atomic mass is 9.87. The lowest BCUT2D eigenvalue weighted by molar-refractivity contribution is -0.122. The highest BCUT2D eigenvalue weighted by atomic mass is 16.5. The summed E-state index contributed by atoms with van der Waals surface area (Å²) >= 11 is 0. The molecule has 32 heavy (non-hydrogen) atoms. The Bertz CT molecular complexity index is 1030. The van der Waals surface area contributed by atoms with Gasteiger partial charge in [-0.3, -0.25) is 9.59 Å². The van der Waals surface area contributed by atoms with Crippen molar-refractivity contribution in [3.05, 3.63) is 45.5 Å². The number of methoxy groups -OCH3 is 3. The minimum Gasteiger partial charge on any atom is -0.507 e. The van der Waals surface area contributed by atoms with Gasteiger partial charge in [0.05, 0.1) is 26.9 Å². The molecule has 2 rings (SSSR count). The zero-order valence-corrected chi connectivity index (χ0v) is 18.7. The Morgan fingerprint density at radius 2 is 1.72 bits per heavy atom. The summed E-state index contributed by atoms with van der Waals surface area (Å²) in [6.07, 6.45) is -0.201. The van der Waals surface area contributed by atoms with Crippen LogP contribution in [-0.2, 0) is 9.59 Å². The average Bonchev–Trinajstić information content (AvgIpc) is 2.74. The lowest BCUT2D eigenvalue weighted by Crippen LogP contribution is -2.34. The van der Waals surface area contributed by atoms with Crippen LogP contribution in [0.4, 0.5) is 0 Å². The number of carbonyl (C=O) groups excluding carboxylic acids is 2. The van der Waals surface area contributed by atoms with Gasteiger partial charge in [0.1, 0.15) is 11.5 Å². The van der Waals surface area contributed by atoms with Gasteiger partial charge in [0, 0.05) is 44.0 Å². The summed E-state index contributed by atoms with van der Waals surface area (Å²) in [7, 11) is 4.33. The van der Waals surface area contributed by atoms with Crippen LogP contribution < -0.4 is 30.5 Å². The first-order valence-electron chi connectivity index (χ1n) is 9.87. The lowest BCUT2D eigenvalue weighted by Gasteiger charge is -2.22. The Balaban J connectivity index is 2.52. The molecular weight excluding hydrogens is 420 g/mol. The van der Waals surface area contributed by atoms with Gasteiger partial charge in [-0.25, -0.2) is 4.79 Å². The predicted molar refractivity (Wildman–Crippen MR) is 116 cm³/mol. The maximum absolute atomic E-state index is 12.7. The van der Waals surface area contributed by atoms with Crippen LogP contribution in [0.2, 0.25) is 0 Å². The fraction of sp³-hybridized carbons (Fsp3) is 0.409. The molecule has 0 saturated carbocycles. The van der Waals surface area contributed by atoms with Crippen molar-refractivity contribution in [2.24, 2.45) is 0 Å². The molecule has 2 aromatic rings. The minimum absolute atomic E-state index is 0.0851. The number of aryl methyl sites for hydroxylation is 1. The van der Waals surface area contributed by atoms with E-state index in [1.54, 1.807) is 12.1 Å². The summed E-state index contributed by atoms with van der Waals surface area (Å²) in [6, 6.07) is 4.56. The van der Waals surface area contributed by atoms with Crippen molar-refractivity contribution in [1.29, 1.82) is 0 Å². The molecule has 0 spiro atoms. The van der Waals surface area contributed by atoms with Crippen molar-refractivity contribution < 1.29 is 33.3 Å². The van der Waals surface area contributed by atoms with Crippen LogP contribution in [0, 0.1) is 6.92 Å². The van der Waals surface area contributed by atoms with Crippen LogP contribution in [0.15, 0.2) is 27.4 Å². The van der Waals surface area contributed by atoms with Crippen molar-refractivity contribution in [1.82, 2.24) is 10.6 Å². The van der Waals surface area contributed by atoms with Gasteiger partial charge >= 0.3 is 5.63 Å². The number of aromatic hydroxyl groups is 1. The van der Waals surface area contributed by atoms with Crippen molar-refractivity contribution >= 4 is 11.8 Å². The molecule has 0 aliphatic rings. The number of hydrogen-bond acceptors (Lipinski definition) is 8. The number of benzene rings is 1. The van der Waals surface area contributed by atoms with Gasteiger partial charge in [0.25, 0.3) is 0 Å². The summed E-state index contributed by atoms with van der Waals surface area (Å²) in [6.45, 7) is 3.36. The number of rotatable bonds is 10. The van der Waals surface area contributed by atoms with Gasteiger partial charge in [0.15, 0.2) is 11.5 Å². The SMILES string of the molecule is COc1ccc([C@@H](CC(=O)NCCNC(C)=O)c2c(O)cc(C)oc2=O)c(OC)c1OC. The molecule has 0 unspecified atom stereocenters. The molecule has 0 aliphatic carbocycles. The monoisotopic (exact) mass is 448 g/mol. The van der Waals surface area contributed by atoms with Gasteiger partial charge in [-0.15, -0.1) is 0 Å². The zero-order chi connectivity index (χ0) is 23.8. The van der Waals surface area contributed by atoms with Crippen LogP contribution >= 0.6 is 0 Å². The van der Waals surface area contributed by atoms with E-state index in [0.717, 1.165) is 0 Å². The summed E-state index contributed by atoms with van der Waals surface area (Å²) in [4.78, 5) is 36.3. The molecule has 0 fully saturated rings. The second kappa shape index (κ2) is 11.1. The Hall–Kier alpha value is -3.69. The molecule has 1 atom stereocenters. The molecular formula is C22H28N2O8. The van der Waals surface area contributed by atoms with E-state index in [-0.39, 0.29) is 54.0 Å². The van der Waals surface area contributed by atoms with Crippen molar-refractivity contribution in [3.8, 4) is 23.0 Å². The Morgan fingerprint density at radius 3 is 2.28 bits per heavy atom. The smallest absolute Gasteiger partial charge is 0.343 e. The third-order valence-corrected chi connectivity index (χ3v) is 4.76. The molecule has 10 nitrogen and oxygen atoms in total. The maximum Gasteiger partial charge on any atom is 0.343 e. The number of hydrogen-bond donors (Lipinski definition) is 3. The normalized spacial score (nSPS) is 11.4. The third-order valence-electron chi connectivity index (χ3n) is 4.76. The molecule has 0 aliphatic heterocycles. The summed E-state index contributed by atoms with van der Waals surface area (Å²) in [5.41, 5.74) is -0.429. The highest BCUT2D eigenvalue weighted by molar-refractivity contribution is 5.78. The molecule has 1 aromatic carbocycles. The second-order valence-electron chi connectivity index (χ2n) is 6.96. The average molecular weight is 448 g/mol. The first kappa shape index (κ1) is 24.6. The minimum atomic E-state index is -0.914. The first-order valence-corrected chi connectivity index (χ1v) is 9.87. The molecule has 0 bridgehead atoms. The quantitative estimate of drug-likeness (QED) is 0.465. The van der Waals surface area contributed by atoms with Crippen LogP contribution in [0.5, 0.6) is 23.0 Å². The highest BCUT2D eigenvalue weighted by Gasteiger charge is 2.30. The summed E-state index contributed by atoms with van der Waals surface area (Å²) in [5, 5.41) is 15.8. The molecule has 174 valence electrons. The van der Waals surface area contributed by atoms with Crippen LogP contribution in [-0.4, -0.2) is 51.3 Å². The standard InChI is InChI=1S/C22H28N2O8/c1-12-10-16(26)19(22(28)32-12)15(11-18(27)24-9-8-23-13(2)25)14-6-7-17(29-3)21(31-5)20(14)30-4/h6-7,10,15,26H,8-9,11H2,1-5H3,(H,23,25)(H,24,27)/t15-/m1/s1. The first-order chi connectivity index (χ1) is 15.2. The van der Waals surface area contributed by atoms with Gasteiger partial charge in [0.2, 0.25) is 17.6 Å². The van der Waals surface area contributed by atoms with E-state index in [0.29, 0.717) is 11.3 Å². The fourth-order valence-electron chi connectivity index (χ4n) is 3.39. The number of nitrogens with one attached hydrogen (secondary N) is 2. The van der Waals surface area contributed by atoms with E-state index in [1.807, 2.05) is 0 Å². The van der Waals surface area contributed by atoms with Crippen LogP contribution in [0.1, 0.15) is 36.1 Å². The zero-order valence-electron chi connectivity index (χ0n) is 18.7. The van der Waals surface area contributed by atoms with E-state index in [1.165, 1.54) is 41.2 Å². The summed E-state index contributed by atoms with van der Waals surface area (Å²) < 4.78 is 21.4. The van der Waals surface area contributed by atoms with E-state index >= 15 is 0 Å². The largest absolute Gasteiger partial charge is 0.507 e. The number of ether oxygens (including phenoxy) is 3. The number of amides is 2. The van der Waals surface area contributed by atoms with E-state index < -0.39 is 17.5 Å².